The molecule has 1 aromatic heterocycles. The maximum absolute atomic E-state index is 8.77. The second-order valence-electron chi connectivity index (χ2n) is 3.21. The number of nitrogens with one attached hydrogen (secondary N) is 1. The van der Waals surface area contributed by atoms with Crippen molar-refractivity contribution < 1.29 is 0 Å². The maximum atomic E-state index is 8.77. The molecule has 0 spiro atoms. The molecule has 0 amide bonds. The number of nitrogens with zero attached hydrogens (tertiary/aromatic N) is 2. The van der Waals surface area contributed by atoms with Crippen LogP contribution >= 0.6 is 11.5 Å². The highest BCUT2D eigenvalue weighted by Gasteiger charge is 2.21. The molecule has 0 aliphatic heterocycles. The number of nitrogens with two attached hydrogens (primary N) is 1. The smallest absolute Gasteiger partial charge is 0.157 e. The van der Waals surface area contributed by atoms with Crippen molar-refractivity contribution in [2.45, 2.75) is 12.8 Å². The van der Waals surface area contributed by atoms with Gasteiger partial charge in [-0.25, -0.2) is 0 Å². The van der Waals surface area contributed by atoms with Gasteiger partial charge in [-0.05, 0) is 30.3 Å². The summed E-state index contributed by atoms with van der Waals surface area (Å²) in [7, 11) is 0. The summed E-state index contributed by atoms with van der Waals surface area (Å²) in [5.41, 5.74) is 6.00. The van der Waals surface area contributed by atoms with Crippen molar-refractivity contribution in [1.29, 1.82) is 5.26 Å². The first kappa shape index (κ1) is 8.32. The number of aromatic nitrogens is 1. The normalized spacial score (nSPS) is 15.3. The topological polar surface area (TPSA) is 74.7 Å². The van der Waals surface area contributed by atoms with Crippen LogP contribution in [0.3, 0.4) is 0 Å². The van der Waals surface area contributed by atoms with Gasteiger partial charge < -0.3 is 11.1 Å². The monoisotopic (exact) mass is 194 g/mol. The Morgan fingerprint density at radius 3 is 3.08 bits per heavy atom. The Hall–Kier alpha value is -1.28. The highest BCUT2D eigenvalue weighted by molar-refractivity contribution is 7.10. The van der Waals surface area contributed by atoms with Crippen molar-refractivity contribution in [2.75, 3.05) is 17.6 Å². The van der Waals surface area contributed by atoms with E-state index in [1.807, 2.05) is 6.07 Å². The zero-order valence-corrected chi connectivity index (χ0v) is 7.90. The molecule has 4 nitrogen and oxygen atoms in total. The molecule has 0 unspecified atom stereocenters. The first-order valence-electron chi connectivity index (χ1n) is 4.20. The van der Waals surface area contributed by atoms with E-state index in [1.165, 1.54) is 24.4 Å². The maximum Gasteiger partial charge on any atom is 0.157 e. The fraction of sp³-hybridized carbons (Fsp3) is 0.500. The van der Waals surface area contributed by atoms with Crippen molar-refractivity contribution in [3.05, 3.63) is 5.56 Å². The van der Waals surface area contributed by atoms with E-state index in [-0.39, 0.29) is 0 Å². The van der Waals surface area contributed by atoms with Gasteiger partial charge in [0.15, 0.2) is 5.82 Å². The molecule has 1 aromatic rings. The lowest BCUT2D eigenvalue weighted by atomic mass is 10.3. The van der Waals surface area contributed by atoms with Gasteiger partial charge >= 0.3 is 0 Å². The molecule has 1 aliphatic rings. The van der Waals surface area contributed by atoms with Gasteiger partial charge in [0.1, 0.15) is 16.6 Å². The van der Waals surface area contributed by atoms with Crippen LogP contribution in [0.2, 0.25) is 0 Å². The fourth-order valence-corrected chi connectivity index (χ4v) is 1.76. The highest BCUT2D eigenvalue weighted by atomic mass is 32.1. The van der Waals surface area contributed by atoms with Crippen molar-refractivity contribution in [3.63, 3.8) is 0 Å². The molecule has 1 aliphatic carbocycles. The molecular formula is C8H10N4S. The average Bonchev–Trinajstić information content (AvgIpc) is 2.88. The molecule has 5 heteroatoms. The number of nitriles is 1. The molecule has 0 bridgehead atoms. The Balaban J connectivity index is 2.05. The van der Waals surface area contributed by atoms with Gasteiger partial charge in [0.25, 0.3) is 0 Å². The third kappa shape index (κ3) is 1.73. The van der Waals surface area contributed by atoms with E-state index in [4.69, 9.17) is 11.0 Å². The highest BCUT2D eigenvalue weighted by Crippen LogP contribution is 2.31. The molecule has 1 heterocycles. The lowest BCUT2D eigenvalue weighted by molar-refractivity contribution is 0.892. The van der Waals surface area contributed by atoms with Crippen LogP contribution in [-0.4, -0.2) is 10.9 Å². The number of rotatable bonds is 3. The van der Waals surface area contributed by atoms with E-state index < -0.39 is 0 Å². The molecule has 0 radical (unpaired) electrons. The van der Waals surface area contributed by atoms with Crippen LogP contribution in [-0.2, 0) is 0 Å². The molecule has 2 rings (SSSR count). The Kier molecular flexibility index (Phi) is 2.07. The molecular weight excluding hydrogens is 184 g/mol. The average molecular weight is 194 g/mol. The first-order chi connectivity index (χ1) is 6.31. The largest absolute Gasteiger partial charge is 0.382 e. The van der Waals surface area contributed by atoms with Crippen LogP contribution in [0.15, 0.2) is 0 Å². The van der Waals surface area contributed by atoms with Crippen LogP contribution in [0, 0.1) is 17.2 Å². The second-order valence-corrected chi connectivity index (χ2v) is 3.98. The van der Waals surface area contributed by atoms with Crippen molar-refractivity contribution in [2.24, 2.45) is 5.92 Å². The van der Waals surface area contributed by atoms with Crippen LogP contribution < -0.4 is 11.1 Å². The SMILES string of the molecule is N#Cc1c(N)nsc1NCC1CC1. The van der Waals surface area contributed by atoms with E-state index in [0.717, 1.165) is 17.5 Å². The third-order valence-electron chi connectivity index (χ3n) is 2.08. The molecule has 1 fully saturated rings. The summed E-state index contributed by atoms with van der Waals surface area (Å²) < 4.78 is 3.92. The molecule has 13 heavy (non-hydrogen) atoms. The summed E-state index contributed by atoms with van der Waals surface area (Å²) >= 11 is 1.26. The Labute approximate surface area is 80.5 Å². The van der Waals surface area contributed by atoms with Gasteiger partial charge in [-0.15, -0.1) is 0 Å². The minimum Gasteiger partial charge on any atom is -0.382 e. The summed E-state index contributed by atoms with van der Waals surface area (Å²) in [6.45, 7) is 0.941. The standard InChI is InChI=1S/C8H10N4S/c9-3-6-7(10)12-13-8(6)11-4-5-1-2-5/h5,11H,1-2,4H2,(H2,10,12). The molecule has 3 N–H and O–H groups in total. The van der Waals surface area contributed by atoms with Crippen LogP contribution in [0.25, 0.3) is 0 Å². The lowest BCUT2D eigenvalue weighted by Crippen LogP contribution is -2.02. The van der Waals surface area contributed by atoms with Crippen molar-refractivity contribution in [1.82, 2.24) is 4.37 Å². The summed E-state index contributed by atoms with van der Waals surface area (Å²) in [4.78, 5) is 0. The summed E-state index contributed by atoms with van der Waals surface area (Å²) in [5, 5.41) is 12.8. The predicted octanol–water partition coefficient (Wildman–Crippen LogP) is 1.42. The summed E-state index contributed by atoms with van der Waals surface area (Å²) in [6, 6.07) is 2.05. The molecule has 0 aromatic carbocycles. The predicted molar refractivity (Wildman–Crippen MR) is 52.5 cm³/mol. The Morgan fingerprint density at radius 1 is 1.69 bits per heavy atom. The minimum atomic E-state index is 0.339. The van der Waals surface area contributed by atoms with E-state index >= 15 is 0 Å². The van der Waals surface area contributed by atoms with E-state index in [0.29, 0.717) is 11.4 Å². The summed E-state index contributed by atoms with van der Waals surface area (Å²) in [5.74, 6) is 1.13. The van der Waals surface area contributed by atoms with Gasteiger partial charge in [-0.3, -0.25) is 0 Å². The van der Waals surface area contributed by atoms with E-state index in [1.54, 1.807) is 0 Å². The van der Waals surface area contributed by atoms with Crippen LogP contribution in [0.4, 0.5) is 10.8 Å². The number of hydrogen-bond acceptors (Lipinski definition) is 5. The third-order valence-corrected chi connectivity index (χ3v) is 2.90. The number of hydrogen-bond donors (Lipinski definition) is 2. The lowest BCUT2D eigenvalue weighted by Gasteiger charge is -2.00. The first-order valence-corrected chi connectivity index (χ1v) is 4.97. The van der Waals surface area contributed by atoms with Gasteiger partial charge in [-0.2, -0.15) is 9.64 Å². The van der Waals surface area contributed by atoms with Gasteiger partial charge in [0.2, 0.25) is 0 Å². The molecule has 0 saturated heterocycles. The van der Waals surface area contributed by atoms with Gasteiger partial charge in [0, 0.05) is 6.54 Å². The second kappa shape index (κ2) is 3.23. The number of anilines is 2. The number of nitrogen functional groups attached to an aromatic ring is 1. The Morgan fingerprint density at radius 2 is 2.46 bits per heavy atom. The zero-order chi connectivity index (χ0) is 9.26. The minimum absolute atomic E-state index is 0.339. The van der Waals surface area contributed by atoms with Gasteiger partial charge in [0.05, 0.1) is 0 Å². The van der Waals surface area contributed by atoms with Crippen LogP contribution in [0.1, 0.15) is 18.4 Å². The molecule has 0 atom stereocenters. The van der Waals surface area contributed by atoms with E-state index in [9.17, 15) is 0 Å². The van der Waals surface area contributed by atoms with Gasteiger partial charge in [-0.1, -0.05) is 0 Å². The molecule has 1 saturated carbocycles. The van der Waals surface area contributed by atoms with Crippen molar-refractivity contribution >= 4 is 22.4 Å². The zero-order valence-electron chi connectivity index (χ0n) is 7.08. The fourth-order valence-electron chi connectivity index (χ4n) is 1.09. The summed E-state index contributed by atoms with van der Waals surface area (Å²) in [6.07, 6.45) is 2.59. The Bertz CT molecular complexity index is 348. The molecule has 68 valence electrons. The van der Waals surface area contributed by atoms with Crippen molar-refractivity contribution in [3.8, 4) is 6.07 Å². The van der Waals surface area contributed by atoms with E-state index in [2.05, 4.69) is 9.69 Å². The van der Waals surface area contributed by atoms with Crippen LogP contribution in [0.5, 0.6) is 0 Å². The quantitative estimate of drug-likeness (QED) is 0.763.